The van der Waals surface area contributed by atoms with E-state index in [1.807, 2.05) is 30.3 Å². The zero-order chi connectivity index (χ0) is 27.1. The number of carboxylic acids is 1. The van der Waals surface area contributed by atoms with E-state index in [4.69, 9.17) is 9.47 Å². The predicted octanol–water partition coefficient (Wildman–Crippen LogP) is 6.17. The van der Waals surface area contributed by atoms with Gasteiger partial charge in [-0.3, -0.25) is 14.5 Å². The third-order valence-corrected chi connectivity index (χ3v) is 9.87. The Balaban J connectivity index is 1.49. The van der Waals surface area contributed by atoms with E-state index >= 15 is 0 Å². The molecular formula is C31H27IN2O5. The summed E-state index contributed by atoms with van der Waals surface area (Å²) in [7, 11) is 0. The number of hydrogen-bond acceptors (Lipinski definition) is 5. The molecule has 1 saturated carbocycles. The van der Waals surface area contributed by atoms with Gasteiger partial charge in [-0.15, -0.1) is 0 Å². The van der Waals surface area contributed by atoms with Crippen molar-refractivity contribution < 1.29 is 24.2 Å². The molecule has 4 unspecified atom stereocenters. The Bertz CT molecular complexity index is 1480. The first kappa shape index (κ1) is 25.7. The van der Waals surface area contributed by atoms with E-state index < -0.39 is 23.3 Å². The van der Waals surface area contributed by atoms with E-state index in [-0.39, 0.29) is 9.83 Å². The SMILES string of the molecule is N#CC1(c2ccc(N3C(=O)c4ccccc4C(C(=O)O)C3c3ccc4c(c3)OCCO4)cc2)CCCCC1I. The Morgan fingerprint density at radius 1 is 1.03 bits per heavy atom. The number of amides is 1. The molecule has 39 heavy (non-hydrogen) atoms. The number of benzene rings is 3. The summed E-state index contributed by atoms with van der Waals surface area (Å²) in [4.78, 5) is 28.4. The molecule has 3 aliphatic rings. The molecule has 7 nitrogen and oxygen atoms in total. The molecule has 0 spiro atoms. The van der Waals surface area contributed by atoms with E-state index in [1.54, 1.807) is 41.3 Å². The number of alkyl halides is 1. The summed E-state index contributed by atoms with van der Waals surface area (Å²) in [5, 5.41) is 20.7. The number of hydrogen-bond donors (Lipinski definition) is 1. The van der Waals surface area contributed by atoms with Crippen LogP contribution in [0.15, 0.2) is 66.7 Å². The zero-order valence-electron chi connectivity index (χ0n) is 21.2. The quantitative estimate of drug-likeness (QED) is 0.273. The second kappa shape index (κ2) is 10.2. The van der Waals surface area contributed by atoms with Gasteiger partial charge < -0.3 is 14.6 Å². The molecule has 6 rings (SSSR count). The van der Waals surface area contributed by atoms with Gasteiger partial charge in [0.05, 0.1) is 17.5 Å². The molecule has 1 amide bonds. The lowest BCUT2D eigenvalue weighted by Crippen LogP contribution is -2.45. The number of nitriles is 1. The van der Waals surface area contributed by atoms with Crippen molar-refractivity contribution in [2.75, 3.05) is 18.1 Å². The van der Waals surface area contributed by atoms with Crippen molar-refractivity contribution in [3.05, 3.63) is 89.0 Å². The molecule has 2 heterocycles. The third-order valence-electron chi connectivity index (χ3n) is 8.19. The summed E-state index contributed by atoms with van der Waals surface area (Å²) < 4.78 is 11.7. The number of ether oxygens (including phenoxy) is 2. The van der Waals surface area contributed by atoms with Crippen LogP contribution >= 0.6 is 22.6 Å². The van der Waals surface area contributed by atoms with Gasteiger partial charge in [-0.25, -0.2) is 0 Å². The summed E-state index contributed by atoms with van der Waals surface area (Å²) >= 11 is 2.39. The van der Waals surface area contributed by atoms with Crippen LogP contribution < -0.4 is 14.4 Å². The maximum absolute atomic E-state index is 14.0. The number of aliphatic carboxylic acids is 1. The van der Waals surface area contributed by atoms with Gasteiger partial charge in [0.25, 0.3) is 5.91 Å². The fourth-order valence-corrected chi connectivity index (χ4v) is 7.49. The number of fused-ring (bicyclic) bond motifs is 2. The van der Waals surface area contributed by atoms with Gasteiger partial charge in [0.1, 0.15) is 19.1 Å². The molecule has 4 atom stereocenters. The molecule has 3 aromatic rings. The Morgan fingerprint density at radius 3 is 2.49 bits per heavy atom. The summed E-state index contributed by atoms with van der Waals surface area (Å²) in [6.07, 6.45) is 3.91. The first-order valence-electron chi connectivity index (χ1n) is 13.2. The summed E-state index contributed by atoms with van der Waals surface area (Å²) in [5.41, 5.74) is 2.44. The Labute approximate surface area is 240 Å². The van der Waals surface area contributed by atoms with Crippen LogP contribution in [-0.2, 0) is 10.2 Å². The van der Waals surface area contributed by atoms with E-state index in [9.17, 15) is 20.0 Å². The van der Waals surface area contributed by atoms with Crippen molar-refractivity contribution in [3.8, 4) is 17.6 Å². The number of nitrogens with zero attached hydrogens (tertiary/aromatic N) is 2. The molecule has 0 saturated heterocycles. The molecule has 0 radical (unpaired) electrons. The number of rotatable bonds is 4. The van der Waals surface area contributed by atoms with Gasteiger partial charge in [0.15, 0.2) is 11.5 Å². The van der Waals surface area contributed by atoms with Crippen LogP contribution in [0.5, 0.6) is 11.5 Å². The molecule has 0 bridgehead atoms. The Hall–Kier alpha value is -3.58. The molecule has 1 fully saturated rings. The second-order valence-electron chi connectivity index (χ2n) is 10.3. The van der Waals surface area contributed by atoms with Gasteiger partial charge in [-0.05, 0) is 59.9 Å². The molecule has 3 aromatic carbocycles. The molecule has 2 aliphatic heterocycles. The van der Waals surface area contributed by atoms with Crippen LogP contribution in [0, 0.1) is 11.3 Å². The first-order chi connectivity index (χ1) is 18.9. The largest absolute Gasteiger partial charge is 0.486 e. The topological polar surface area (TPSA) is 99.9 Å². The maximum atomic E-state index is 14.0. The van der Waals surface area contributed by atoms with Gasteiger partial charge in [-0.2, -0.15) is 5.26 Å². The van der Waals surface area contributed by atoms with Crippen LogP contribution in [0.1, 0.15) is 64.7 Å². The molecule has 1 aliphatic carbocycles. The van der Waals surface area contributed by atoms with Gasteiger partial charge in [-0.1, -0.05) is 71.8 Å². The minimum atomic E-state index is -1.02. The van der Waals surface area contributed by atoms with Crippen LogP contribution in [-0.4, -0.2) is 34.1 Å². The highest BCUT2D eigenvalue weighted by atomic mass is 127. The lowest BCUT2D eigenvalue weighted by Gasteiger charge is -2.41. The zero-order valence-corrected chi connectivity index (χ0v) is 23.3. The van der Waals surface area contributed by atoms with Gasteiger partial charge >= 0.3 is 5.97 Å². The highest BCUT2D eigenvalue weighted by Crippen LogP contribution is 2.48. The summed E-state index contributed by atoms with van der Waals surface area (Å²) in [5.74, 6) is -1.16. The minimum absolute atomic E-state index is 0.199. The molecule has 8 heteroatoms. The van der Waals surface area contributed by atoms with E-state index in [1.165, 1.54) is 0 Å². The Morgan fingerprint density at radius 2 is 1.77 bits per heavy atom. The standard InChI is InChI=1S/C31H27IN2O5/c32-26-7-3-4-14-31(26,18-33)20-9-11-21(12-10-20)34-28(19-8-13-24-25(17-19)39-16-15-38-24)27(30(36)37)22-5-1-2-6-23(22)29(34)35/h1-2,5-6,8-13,17,26-28H,3-4,7,14-16H2,(H,36,37). The maximum Gasteiger partial charge on any atom is 0.313 e. The van der Waals surface area contributed by atoms with E-state index in [0.717, 1.165) is 31.2 Å². The normalized spacial score (nSPS) is 25.9. The summed E-state index contributed by atoms with van der Waals surface area (Å²) in [6, 6.07) is 21.6. The Kier molecular flexibility index (Phi) is 6.71. The van der Waals surface area contributed by atoms with Crippen molar-refractivity contribution in [3.63, 3.8) is 0 Å². The third kappa shape index (κ3) is 4.24. The lowest BCUT2D eigenvalue weighted by atomic mass is 9.70. The number of carbonyl (C=O) groups excluding carboxylic acids is 1. The van der Waals surface area contributed by atoms with Crippen LogP contribution in [0.25, 0.3) is 0 Å². The van der Waals surface area contributed by atoms with E-state index in [2.05, 4.69) is 28.7 Å². The van der Waals surface area contributed by atoms with Crippen molar-refractivity contribution in [2.45, 2.75) is 47.0 Å². The van der Waals surface area contributed by atoms with Crippen LogP contribution in [0.4, 0.5) is 5.69 Å². The highest BCUT2D eigenvalue weighted by Gasteiger charge is 2.46. The van der Waals surface area contributed by atoms with Crippen molar-refractivity contribution in [1.29, 1.82) is 5.26 Å². The average Bonchev–Trinajstić information content (AvgIpc) is 2.97. The van der Waals surface area contributed by atoms with Crippen LogP contribution in [0.3, 0.4) is 0 Å². The first-order valence-corrected chi connectivity index (χ1v) is 14.4. The van der Waals surface area contributed by atoms with Crippen molar-refractivity contribution in [2.24, 2.45) is 0 Å². The number of carbonyl (C=O) groups is 2. The second-order valence-corrected chi connectivity index (χ2v) is 11.8. The highest BCUT2D eigenvalue weighted by molar-refractivity contribution is 14.1. The van der Waals surface area contributed by atoms with Gasteiger partial charge in [0, 0.05) is 15.2 Å². The fourth-order valence-electron chi connectivity index (χ4n) is 6.24. The summed E-state index contributed by atoms with van der Waals surface area (Å²) in [6.45, 7) is 0.842. The van der Waals surface area contributed by atoms with Crippen molar-refractivity contribution >= 4 is 40.2 Å². The predicted molar refractivity (Wildman–Crippen MR) is 154 cm³/mol. The average molecular weight is 634 g/mol. The van der Waals surface area contributed by atoms with Crippen molar-refractivity contribution in [1.82, 2.24) is 0 Å². The smallest absolute Gasteiger partial charge is 0.313 e. The van der Waals surface area contributed by atoms with Gasteiger partial charge in [0.2, 0.25) is 0 Å². The number of carboxylic acid groups (broad SMARTS) is 1. The molecule has 1 N–H and O–H groups in total. The molecule has 198 valence electrons. The van der Waals surface area contributed by atoms with E-state index in [0.29, 0.717) is 47.1 Å². The lowest BCUT2D eigenvalue weighted by molar-refractivity contribution is -0.139. The fraction of sp³-hybridized carbons (Fsp3) is 0.323. The monoisotopic (exact) mass is 634 g/mol. The number of halogens is 1. The van der Waals surface area contributed by atoms with Crippen LogP contribution in [0.2, 0.25) is 0 Å². The molecule has 0 aromatic heterocycles. The number of anilines is 1. The molecular weight excluding hydrogens is 607 g/mol. The minimum Gasteiger partial charge on any atom is -0.486 e.